The number of carbonyl (C=O) groups is 1. The van der Waals surface area contributed by atoms with Gasteiger partial charge in [0.15, 0.2) is 0 Å². The lowest BCUT2D eigenvalue weighted by molar-refractivity contribution is -0.304. The molecule has 0 saturated carbocycles. The van der Waals surface area contributed by atoms with Gasteiger partial charge in [-0.05, 0) is 32.6 Å². The van der Waals surface area contributed by atoms with E-state index in [4.69, 9.17) is 9.78 Å². The molecule has 0 radical (unpaired) electrons. The topological polar surface area (TPSA) is 35.5 Å². The van der Waals surface area contributed by atoms with E-state index in [-0.39, 0.29) is 17.5 Å². The van der Waals surface area contributed by atoms with Crippen molar-refractivity contribution in [2.45, 2.75) is 92.1 Å². The molecule has 0 aliphatic rings. The van der Waals surface area contributed by atoms with Crippen LogP contribution < -0.4 is 0 Å². The first-order valence-electron chi connectivity index (χ1n) is 7.94. The molecule has 0 spiro atoms. The van der Waals surface area contributed by atoms with E-state index in [0.29, 0.717) is 0 Å². The Bertz CT molecular complexity index is 234. The Kier molecular flexibility index (Phi) is 9.94. The smallest absolute Gasteiger partial charge is 0.297 e. The summed E-state index contributed by atoms with van der Waals surface area (Å²) < 4.78 is 0. The van der Waals surface area contributed by atoms with Gasteiger partial charge in [0, 0.05) is 0 Å². The standard InChI is InChI=1S/C16H32O3/c1-6-10-12-14(5)18-19-15(17)16(8-3,9-4)13-11-7-2/h14H,6-13H2,1-5H3. The molecule has 1 atom stereocenters. The molecule has 3 heteroatoms. The normalized spacial score (nSPS) is 13.3. The minimum atomic E-state index is -0.361. The molecule has 0 saturated heterocycles. The van der Waals surface area contributed by atoms with E-state index in [9.17, 15) is 4.79 Å². The van der Waals surface area contributed by atoms with Gasteiger partial charge < -0.3 is 0 Å². The largest absolute Gasteiger partial charge is 0.348 e. The minimum Gasteiger partial charge on any atom is -0.297 e. The second kappa shape index (κ2) is 10.2. The fraction of sp³-hybridized carbons (Fsp3) is 0.938. The van der Waals surface area contributed by atoms with Gasteiger partial charge in [0.05, 0.1) is 5.41 Å². The van der Waals surface area contributed by atoms with E-state index in [1.807, 2.05) is 6.92 Å². The highest BCUT2D eigenvalue weighted by Gasteiger charge is 2.37. The van der Waals surface area contributed by atoms with Crippen LogP contribution in [0.25, 0.3) is 0 Å². The van der Waals surface area contributed by atoms with Crippen molar-refractivity contribution in [2.75, 3.05) is 0 Å². The van der Waals surface area contributed by atoms with Gasteiger partial charge in [-0.2, -0.15) is 4.89 Å². The van der Waals surface area contributed by atoms with Crippen molar-refractivity contribution in [3.05, 3.63) is 0 Å². The van der Waals surface area contributed by atoms with E-state index in [0.717, 1.165) is 51.4 Å². The van der Waals surface area contributed by atoms with Gasteiger partial charge in [0.2, 0.25) is 0 Å². The number of rotatable bonds is 11. The molecule has 0 N–H and O–H groups in total. The van der Waals surface area contributed by atoms with E-state index in [2.05, 4.69) is 27.7 Å². The fourth-order valence-electron chi connectivity index (χ4n) is 2.26. The number of carbonyl (C=O) groups excluding carboxylic acids is 1. The predicted molar refractivity (Wildman–Crippen MR) is 78.7 cm³/mol. The van der Waals surface area contributed by atoms with Crippen LogP contribution in [0.1, 0.15) is 86.0 Å². The third kappa shape index (κ3) is 6.42. The molecule has 0 amide bonds. The van der Waals surface area contributed by atoms with Crippen LogP contribution in [0, 0.1) is 5.41 Å². The molecular formula is C16H32O3. The molecule has 0 aliphatic heterocycles. The molecule has 0 bridgehead atoms. The molecule has 19 heavy (non-hydrogen) atoms. The van der Waals surface area contributed by atoms with Crippen molar-refractivity contribution in [2.24, 2.45) is 5.41 Å². The van der Waals surface area contributed by atoms with Crippen molar-refractivity contribution in [3.8, 4) is 0 Å². The van der Waals surface area contributed by atoms with Crippen molar-refractivity contribution in [1.82, 2.24) is 0 Å². The Hall–Kier alpha value is -0.570. The average molecular weight is 272 g/mol. The monoisotopic (exact) mass is 272 g/mol. The second-order valence-electron chi connectivity index (χ2n) is 5.51. The van der Waals surface area contributed by atoms with Crippen LogP contribution >= 0.6 is 0 Å². The van der Waals surface area contributed by atoms with Crippen LogP contribution in [0.5, 0.6) is 0 Å². The Balaban J connectivity index is 4.32. The highest BCUT2D eigenvalue weighted by molar-refractivity contribution is 5.76. The summed E-state index contributed by atoms with van der Waals surface area (Å²) in [6.07, 6.45) is 7.83. The van der Waals surface area contributed by atoms with Crippen molar-refractivity contribution >= 4 is 5.97 Å². The summed E-state index contributed by atoms with van der Waals surface area (Å²) in [4.78, 5) is 22.6. The zero-order chi connectivity index (χ0) is 14.7. The summed E-state index contributed by atoms with van der Waals surface area (Å²) in [5, 5.41) is 0. The second-order valence-corrected chi connectivity index (χ2v) is 5.51. The first kappa shape index (κ1) is 18.4. The highest BCUT2D eigenvalue weighted by Crippen LogP contribution is 2.34. The van der Waals surface area contributed by atoms with Crippen LogP contribution in [0.3, 0.4) is 0 Å². The maximum absolute atomic E-state index is 12.3. The van der Waals surface area contributed by atoms with Gasteiger partial charge >= 0.3 is 5.97 Å². The SMILES string of the molecule is CCCCC(C)OOC(=O)C(CC)(CC)CCCC. The first-order chi connectivity index (χ1) is 9.06. The Labute approximate surface area is 119 Å². The molecule has 0 aromatic heterocycles. The van der Waals surface area contributed by atoms with Gasteiger partial charge in [-0.25, -0.2) is 4.79 Å². The van der Waals surface area contributed by atoms with Crippen LogP contribution in [0.15, 0.2) is 0 Å². The summed E-state index contributed by atoms with van der Waals surface area (Å²) in [5.74, 6) is -0.186. The molecule has 0 aliphatic carbocycles. The maximum atomic E-state index is 12.3. The lowest BCUT2D eigenvalue weighted by Gasteiger charge is -2.28. The minimum absolute atomic E-state index is 0.0125. The molecular weight excluding hydrogens is 240 g/mol. The lowest BCUT2D eigenvalue weighted by atomic mass is 9.78. The molecule has 0 aromatic rings. The fourth-order valence-corrected chi connectivity index (χ4v) is 2.26. The average Bonchev–Trinajstić information content (AvgIpc) is 2.44. The predicted octanol–water partition coefficient (Wildman–Crippen LogP) is 5.04. The summed E-state index contributed by atoms with van der Waals surface area (Å²) in [5.41, 5.74) is -0.361. The maximum Gasteiger partial charge on any atom is 0.348 e. The Morgan fingerprint density at radius 2 is 1.63 bits per heavy atom. The first-order valence-corrected chi connectivity index (χ1v) is 7.94. The Morgan fingerprint density at radius 3 is 2.11 bits per heavy atom. The zero-order valence-corrected chi connectivity index (χ0v) is 13.5. The number of hydrogen-bond donors (Lipinski definition) is 0. The Morgan fingerprint density at radius 1 is 1.05 bits per heavy atom. The van der Waals surface area contributed by atoms with Crippen molar-refractivity contribution in [1.29, 1.82) is 0 Å². The van der Waals surface area contributed by atoms with Gasteiger partial charge in [-0.15, -0.1) is 0 Å². The van der Waals surface area contributed by atoms with Crippen molar-refractivity contribution < 1.29 is 14.6 Å². The number of hydrogen-bond acceptors (Lipinski definition) is 3. The molecule has 0 fully saturated rings. The van der Waals surface area contributed by atoms with Crippen LogP contribution in [-0.4, -0.2) is 12.1 Å². The van der Waals surface area contributed by atoms with Gasteiger partial charge in [0.25, 0.3) is 0 Å². The summed E-state index contributed by atoms with van der Waals surface area (Å²) in [6.45, 7) is 10.4. The summed E-state index contributed by atoms with van der Waals surface area (Å²) >= 11 is 0. The van der Waals surface area contributed by atoms with E-state index < -0.39 is 0 Å². The highest BCUT2D eigenvalue weighted by atomic mass is 17.2. The van der Waals surface area contributed by atoms with Crippen molar-refractivity contribution in [3.63, 3.8) is 0 Å². The lowest BCUT2D eigenvalue weighted by Crippen LogP contribution is -2.33. The molecule has 0 rings (SSSR count). The van der Waals surface area contributed by atoms with Gasteiger partial charge in [0.1, 0.15) is 6.10 Å². The van der Waals surface area contributed by atoms with E-state index in [1.165, 1.54) is 0 Å². The van der Waals surface area contributed by atoms with E-state index >= 15 is 0 Å². The van der Waals surface area contributed by atoms with Crippen LogP contribution in [-0.2, 0) is 14.6 Å². The zero-order valence-electron chi connectivity index (χ0n) is 13.5. The molecule has 3 nitrogen and oxygen atoms in total. The summed E-state index contributed by atoms with van der Waals surface area (Å²) in [7, 11) is 0. The third-order valence-electron chi connectivity index (χ3n) is 4.05. The molecule has 0 aromatic carbocycles. The molecule has 0 heterocycles. The quantitative estimate of drug-likeness (QED) is 0.390. The molecule has 114 valence electrons. The van der Waals surface area contributed by atoms with Gasteiger partial charge in [-0.1, -0.05) is 53.4 Å². The summed E-state index contributed by atoms with van der Waals surface area (Å²) in [6, 6.07) is 0. The van der Waals surface area contributed by atoms with Crippen LogP contribution in [0.2, 0.25) is 0 Å². The number of unbranched alkanes of at least 4 members (excludes halogenated alkanes) is 2. The molecule has 1 unspecified atom stereocenters. The third-order valence-corrected chi connectivity index (χ3v) is 4.05. The van der Waals surface area contributed by atoms with Gasteiger partial charge in [-0.3, -0.25) is 4.89 Å². The van der Waals surface area contributed by atoms with Crippen LogP contribution in [0.4, 0.5) is 0 Å². The van der Waals surface area contributed by atoms with E-state index in [1.54, 1.807) is 0 Å².